The molecule has 0 radical (unpaired) electrons. The number of hydrogen-bond donors (Lipinski definition) is 2. The molecule has 0 aromatic heterocycles. The number of methoxy groups -OCH3 is 1. The smallest absolute Gasteiger partial charge is 0.309 e. The highest BCUT2D eigenvalue weighted by Crippen LogP contribution is 2.16. The molecule has 0 saturated carbocycles. The predicted molar refractivity (Wildman–Crippen MR) is 107 cm³/mol. The van der Waals surface area contributed by atoms with Crippen molar-refractivity contribution < 1.29 is 14.3 Å². The highest BCUT2D eigenvalue weighted by Gasteiger charge is 2.13. The van der Waals surface area contributed by atoms with Gasteiger partial charge in [-0.2, -0.15) is 0 Å². The van der Waals surface area contributed by atoms with Crippen LogP contribution in [0.4, 0.5) is 5.69 Å². The van der Waals surface area contributed by atoms with Crippen molar-refractivity contribution in [3.05, 3.63) is 59.7 Å². The molecule has 27 heavy (non-hydrogen) atoms. The van der Waals surface area contributed by atoms with Gasteiger partial charge in [0.25, 0.3) is 0 Å². The third kappa shape index (κ3) is 6.33. The summed E-state index contributed by atoms with van der Waals surface area (Å²) in [5, 5.41) is 5.27. The summed E-state index contributed by atoms with van der Waals surface area (Å²) in [5.41, 5.74) is 3.18. The number of benzene rings is 2. The van der Waals surface area contributed by atoms with Gasteiger partial charge in [0.2, 0.25) is 0 Å². The van der Waals surface area contributed by atoms with Crippen LogP contribution < -0.4 is 20.3 Å². The fourth-order valence-electron chi connectivity index (χ4n) is 2.64. The van der Waals surface area contributed by atoms with Crippen molar-refractivity contribution in [1.82, 2.24) is 10.6 Å². The van der Waals surface area contributed by atoms with Gasteiger partial charge < -0.3 is 20.3 Å². The number of hydrogen-bond acceptors (Lipinski definition) is 4. The van der Waals surface area contributed by atoms with Gasteiger partial charge in [0, 0.05) is 38.4 Å². The van der Waals surface area contributed by atoms with Crippen LogP contribution in [0.15, 0.2) is 48.5 Å². The molecule has 2 aromatic rings. The van der Waals surface area contributed by atoms with E-state index in [0.29, 0.717) is 12.3 Å². The Bertz CT molecular complexity index is 758. The van der Waals surface area contributed by atoms with E-state index in [2.05, 4.69) is 34.9 Å². The van der Waals surface area contributed by atoms with E-state index < -0.39 is 11.8 Å². The third-order valence-corrected chi connectivity index (χ3v) is 4.22. The van der Waals surface area contributed by atoms with E-state index in [9.17, 15) is 9.59 Å². The summed E-state index contributed by atoms with van der Waals surface area (Å²) < 4.78 is 5.23. The number of rotatable bonds is 8. The maximum atomic E-state index is 11.9. The van der Waals surface area contributed by atoms with Crippen molar-refractivity contribution in [2.24, 2.45) is 0 Å². The van der Waals surface area contributed by atoms with Crippen molar-refractivity contribution in [2.45, 2.75) is 19.4 Å². The Kier molecular flexibility index (Phi) is 7.67. The van der Waals surface area contributed by atoms with E-state index in [1.165, 1.54) is 5.56 Å². The van der Waals surface area contributed by atoms with Crippen molar-refractivity contribution >= 4 is 17.5 Å². The van der Waals surface area contributed by atoms with Crippen LogP contribution in [0.3, 0.4) is 0 Å². The molecule has 2 aromatic carbocycles. The zero-order valence-corrected chi connectivity index (χ0v) is 16.1. The molecule has 0 aliphatic rings. The number of nitrogens with zero attached hydrogens (tertiary/aromatic N) is 1. The number of carbonyl (C=O) groups is 2. The summed E-state index contributed by atoms with van der Waals surface area (Å²) in [6.07, 6.45) is 1.61. The number of para-hydroxylation sites is 1. The number of aryl methyl sites for hydroxylation is 1. The van der Waals surface area contributed by atoms with Gasteiger partial charge >= 0.3 is 11.8 Å². The van der Waals surface area contributed by atoms with E-state index in [4.69, 9.17) is 4.74 Å². The Morgan fingerprint density at radius 2 is 1.63 bits per heavy atom. The van der Waals surface area contributed by atoms with E-state index in [0.717, 1.165) is 24.1 Å². The summed E-state index contributed by atoms with van der Waals surface area (Å²) in [6, 6.07) is 15.7. The lowest BCUT2D eigenvalue weighted by Crippen LogP contribution is -2.40. The fraction of sp³-hybridized carbons (Fsp3) is 0.333. The second-order valence-corrected chi connectivity index (χ2v) is 6.41. The van der Waals surface area contributed by atoms with Gasteiger partial charge in [-0.15, -0.1) is 0 Å². The minimum atomic E-state index is -0.642. The van der Waals surface area contributed by atoms with Gasteiger partial charge in [0.05, 0.1) is 7.11 Å². The van der Waals surface area contributed by atoms with Crippen molar-refractivity contribution in [1.29, 1.82) is 0 Å². The SMILES string of the molecule is COc1ccccc1CNC(=O)C(=O)NCCCc1ccc(N(C)C)cc1. The standard InChI is InChI=1S/C21H27N3O3/c1-24(2)18-12-10-16(11-13-18)7-6-14-22-20(25)21(26)23-15-17-8-4-5-9-19(17)27-3/h4-5,8-13H,6-7,14-15H2,1-3H3,(H,22,25)(H,23,26). The van der Waals surface area contributed by atoms with E-state index in [-0.39, 0.29) is 6.54 Å². The lowest BCUT2D eigenvalue weighted by molar-refractivity contribution is -0.139. The van der Waals surface area contributed by atoms with E-state index in [1.807, 2.05) is 43.3 Å². The average Bonchev–Trinajstić information content (AvgIpc) is 2.69. The molecule has 0 fully saturated rings. The lowest BCUT2D eigenvalue weighted by atomic mass is 10.1. The topological polar surface area (TPSA) is 70.7 Å². The molecule has 2 rings (SSSR count). The molecule has 0 saturated heterocycles. The number of nitrogens with one attached hydrogen (secondary N) is 2. The molecule has 2 amide bonds. The predicted octanol–water partition coefficient (Wildman–Crippen LogP) is 2.13. The first-order valence-electron chi connectivity index (χ1n) is 8.95. The monoisotopic (exact) mass is 369 g/mol. The summed E-state index contributed by atoms with van der Waals surface area (Å²) in [4.78, 5) is 25.9. The Labute approximate surface area is 160 Å². The molecule has 0 aliphatic heterocycles. The fourth-order valence-corrected chi connectivity index (χ4v) is 2.64. The lowest BCUT2D eigenvalue weighted by Gasteiger charge is -2.12. The number of amides is 2. The van der Waals surface area contributed by atoms with Crippen LogP contribution >= 0.6 is 0 Å². The minimum Gasteiger partial charge on any atom is -0.496 e. The second kappa shape index (κ2) is 10.2. The number of ether oxygens (including phenoxy) is 1. The van der Waals surface area contributed by atoms with Gasteiger partial charge in [-0.1, -0.05) is 30.3 Å². The average molecular weight is 369 g/mol. The first kappa shape index (κ1) is 20.3. The first-order valence-corrected chi connectivity index (χ1v) is 8.95. The van der Waals surface area contributed by atoms with Gasteiger partial charge in [0.15, 0.2) is 0 Å². The van der Waals surface area contributed by atoms with Crippen LogP contribution in [-0.4, -0.2) is 39.6 Å². The third-order valence-electron chi connectivity index (χ3n) is 4.22. The molecule has 0 aliphatic carbocycles. The Morgan fingerprint density at radius 3 is 2.30 bits per heavy atom. The second-order valence-electron chi connectivity index (χ2n) is 6.41. The van der Waals surface area contributed by atoms with Crippen molar-refractivity contribution in [3.8, 4) is 5.75 Å². The highest BCUT2D eigenvalue weighted by molar-refractivity contribution is 6.35. The van der Waals surface area contributed by atoms with Crippen LogP contribution in [0.5, 0.6) is 5.75 Å². The quantitative estimate of drug-likeness (QED) is 0.552. The van der Waals surface area contributed by atoms with Gasteiger partial charge in [-0.3, -0.25) is 9.59 Å². The molecular formula is C21H27N3O3. The van der Waals surface area contributed by atoms with Crippen LogP contribution in [0, 0.1) is 0 Å². The zero-order valence-electron chi connectivity index (χ0n) is 16.1. The van der Waals surface area contributed by atoms with Gasteiger partial charge in [0.1, 0.15) is 5.75 Å². The molecule has 0 unspecified atom stereocenters. The molecule has 0 heterocycles. The zero-order chi connectivity index (χ0) is 19.6. The number of carbonyl (C=O) groups excluding carboxylic acids is 2. The van der Waals surface area contributed by atoms with Crippen LogP contribution in [0.1, 0.15) is 17.5 Å². The minimum absolute atomic E-state index is 0.245. The van der Waals surface area contributed by atoms with Gasteiger partial charge in [-0.05, 0) is 36.6 Å². The maximum Gasteiger partial charge on any atom is 0.309 e. The van der Waals surface area contributed by atoms with Gasteiger partial charge in [-0.25, -0.2) is 0 Å². The van der Waals surface area contributed by atoms with Crippen molar-refractivity contribution in [2.75, 3.05) is 32.6 Å². The molecule has 6 heteroatoms. The highest BCUT2D eigenvalue weighted by atomic mass is 16.5. The number of anilines is 1. The molecule has 0 bridgehead atoms. The summed E-state index contributed by atoms with van der Waals surface area (Å²) >= 11 is 0. The summed E-state index contributed by atoms with van der Waals surface area (Å²) in [7, 11) is 5.58. The van der Waals surface area contributed by atoms with Crippen molar-refractivity contribution in [3.63, 3.8) is 0 Å². The molecule has 6 nitrogen and oxygen atoms in total. The summed E-state index contributed by atoms with van der Waals surface area (Å²) in [6.45, 7) is 0.699. The molecule has 0 atom stereocenters. The Morgan fingerprint density at radius 1 is 0.963 bits per heavy atom. The van der Waals surface area contributed by atoms with E-state index in [1.54, 1.807) is 7.11 Å². The van der Waals surface area contributed by atoms with Crippen LogP contribution in [0.2, 0.25) is 0 Å². The van der Waals surface area contributed by atoms with Crippen LogP contribution in [-0.2, 0) is 22.6 Å². The summed E-state index contributed by atoms with van der Waals surface area (Å²) in [5.74, 6) is -0.581. The van der Waals surface area contributed by atoms with E-state index >= 15 is 0 Å². The normalized spacial score (nSPS) is 10.2. The van der Waals surface area contributed by atoms with Crippen LogP contribution in [0.25, 0.3) is 0 Å². The largest absolute Gasteiger partial charge is 0.496 e. The molecule has 2 N–H and O–H groups in total. The molecular weight excluding hydrogens is 342 g/mol. The Hall–Kier alpha value is -3.02. The Balaban J connectivity index is 1.69. The first-order chi connectivity index (χ1) is 13.0. The molecule has 0 spiro atoms. The molecule has 144 valence electrons. The maximum absolute atomic E-state index is 11.9.